The van der Waals surface area contributed by atoms with Crippen molar-refractivity contribution in [3.8, 4) is 0 Å². The first-order valence-corrected chi connectivity index (χ1v) is 3.32. The second-order valence-electron chi connectivity index (χ2n) is 1.31. The second kappa shape index (κ2) is 2.33. The molecule has 41 valence electrons. The molecule has 0 nitrogen and oxygen atoms in total. The first-order chi connectivity index (χ1) is 3.83. The van der Waals surface area contributed by atoms with E-state index in [9.17, 15) is 0 Å². The van der Waals surface area contributed by atoms with E-state index in [0.29, 0.717) is 0 Å². The lowest BCUT2D eigenvalue weighted by molar-refractivity contribution is 1.96. The van der Waals surface area contributed by atoms with Gasteiger partial charge in [-0.2, -0.15) is 0 Å². The SMILES string of the molecule is [CH]=Cc1ccc(Cl)s1. The maximum Gasteiger partial charge on any atom is 0.0934 e. The van der Waals surface area contributed by atoms with Crippen molar-refractivity contribution in [3.05, 3.63) is 27.9 Å². The fourth-order valence-corrected chi connectivity index (χ4v) is 1.31. The molecule has 1 aromatic heterocycles. The molecule has 0 fully saturated rings. The summed E-state index contributed by atoms with van der Waals surface area (Å²) >= 11 is 7.05. The zero-order valence-electron chi connectivity index (χ0n) is 4.10. The molecule has 0 saturated carbocycles. The lowest BCUT2D eigenvalue weighted by Gasteiger charge is -1.73. The zero-order valence-corrected chi connectivity index (χ0v) is 5.67. The molecule has 0 aliphatic rings. The lowest BCUT2D eigenvalue weighted by atomic mass is 10.5. The Morgan fingerprint density at radius 3 is 2.62 bits per heavy atom. The number of hydrogen-bond acceptors (Lipinski definition) is 1. The summed E-state index contributed by atoms with van der Waals surface area (Å²) in [5, 5.41) is 0. The lowest BCUT2D eigenvalue weighted by Crippen LogP contribution is -1.46. The van der Waals surface area contributed by atoms with Gasteiger partial charge in [-0.15, -0.1) is 11.3 Å². The maximum atomic E-state index is 5.58. The van der Waals surface area contributed by atoms with Gasteiger partial charge in [0.05, 0.1) is 4.34 Å². The van der Waals surface area contributed by atoms with Crippen LogP contribution in [0.4, 0.5) is 0 Å². The number of hydrogen-bond donors (Lipinski definition) is 0. The minimum Gasteiger partial charge on any atom is -0.124 e. The molecule has 1 radical (unpaired) electrons. The maximum absolute atomic E-state index is 5.58. The van der Waals surface area contributed by atoms with Gasteiger partial charge in [-0.25, -0.2) is 0 Å². The van der Waals surface area contributed by atoms with Crippen LogP contribution in [0.25, 0.3) is 6.08 Å². The Morgan fingerprint density at radius 2 is 2.38 bits per heavy atom. The Kier molecular flexibility index (Phi) is 1.71. The summed E-state index contributed by atoms with van der Waals surface area (Å²) in [6.45, 7) is 5.19. The van der Waals surface area contributed by atoms with E-state index in [0.717, 1.165) is 9.21 Å². The Labute approximate surface area is 57.4 Å². The predicted octanol–water partition coefficient (Wildman–Crippen LogP) is 2.85. The smallest absolute Gasteiger partial charge is 0.0934 e. The average molecular weight is 144 g/mol. The van der Waals surface area contributed by atoms with E-state index in [-0.39, 0.29) is 0 Å². The summed E-state index contributed by atoms with van der Waals surface area (Å²) in [5.41, 5.74) is 0. The van der Waals surface area contributed by atoms with Gasteiger partial charge in [0, 0.05) is 4.88 Å². The highest BCUT2D eigenvalue weighted by Gasteiger charge is 1.89. The van der Waals surface area contributed by atoms with E-state index in [2.05, 4.69) is 0 Å². The Balaban J connectivity index is 3.00. The molecule has 0 spiro atoms. The molecule has 0 saturated heterocycles. The first-order valence-electron chi connectivity index (χ1n) is 2.13. The first kappa shape index (κ1) is 5.86. The van der Waals surface area contributed by atoms with E-state index in [1.807, 2.05) is 12.1 Å². The molecule has 0 aliphatic carbocycles. The van der Waals surface area contributed by atoms with Crippen molar-refractivity contribution >= 4 is 29.0 Å². The van der Waals surface area contributed by atoms with Crippen LogP contribution in [0, 0.1) is 6.58 Å². The van der Waals surface area contributed by atoms with Crippen molar-refractivity contribution in [2.24, 2.45) is 0 Å². The highest BCUT2D eigenvalue weighted by molar-refractivity contribution is 7.16. The van der Waals surface area contributed by atoms with Gasteiger partial charge in [0.25, 0.3) is 0 Å². The molecule has 0 bridgehead atoms. The molecular formula is C6H4ClS. The third kappa shape index (κ3) is 1.11. The molecule has 0 amide bonds. The molecule has 2 heteroatoms. The van der Waals surface area contributed by atoms with Crippen LogP contribution in [0.5, 0.6) is 0 Å². The normalized spacial score (nSPS) is 9.12. The number of thiophene rings is 1. The topological polar surface area (TPSA) is 0 Å². The van der Waals surface area contributed by atoms with Crippen LogP contribution >= 0.6 is 22.9 Å². The van der Waals surface area contributed by atoms with Crippen LogP contribution in [0.15, 0.2) is 12.1 Å². The minimum atomic E-state index is 0.779. The molecule has 0 atom stereocenters. The van der Waals surface area contributed by atoms with Crippen LogP contribution in [0.1, 0.15) is 4.88 Å². The van der Waals surface area contributed by atoms with E-state index in [4.69, 9.17) is 18.2 Å². The number of rotatable bonds is 1. The summed E-state index contributed by atoms with van der Waals surface area (Å²) in [5.74, 6) is 0. The average Bonchev–Trinajstić information content (AvgIpc) is 2.14. The molecule has 1 aromatic rings. The molecule has 0 N–H and O–H groups in total. The zero-order chi connectivity index (χ0) is 5.98. The van der Waals surface area contributed by atoms with Gasteiger partial charge in [-0.05, 0) is 18.2 Å². The molecule has 0 aliphatic heterocycles. The Hall–Kier alpha value is -0.270. The molecular weight excluding hydrogens is 140 g/mol. The Morgan fingerprint density at radius 1 is 1.62 bits per heavy atom. The third-order valence-electron chi connectivity index (χ3n) is 0.758. The predicted molar refractivity (Wildman–Crippen MR) is 38.1 cm³/mol. The van der Waals surface area contributed by atoms with E-state index in [1.165, 1.54) is 17.4 Å². The van der Waals surface area contributed by atoms with Crippen LogP contribution in [0.3, 0.4) is 0 Å². The standard InChI is InChI=1S/C6H4ClS/c1-2-5-3-4-6(7)8-5/h1-4H. The molecule has 8 heavy (non-hydrogen) atoms. The van der Waals surface area contributed by atoms with Crippen molar-refractivity contribution < 1.29 is 0 Å². The monoisotopic (exact) mass is 143 g/mol. The highest BCUT2D eigenvalue weighted by Crippen LogP contribution is 2.21. The molecule has 0 aromatic carbocycles. The van der Waals surface area contributed by atoms with Crippen molar-refractivity contribution in [1.82, 2.24) is 0 Å². The van der Waals surface area contributed by atoms with Crippen LogP contribution in [-0.2, 0) is 0 Å². The van der Waals surface area contributed by atoms with Gasteiger partial charge in [0.1, 0.15) is 0 Å². The largest absolute Gasteiger partial charge is 0.124 e. The third-order valence-corrected chi connectivity index (χ3v) is 1.95. The minimum absolute atomic E-state index is 0.779. The van der Waals surface area contributed by atoms with E-state index >= 15 is 0 Å². The Bertz CT molecular complexity index is 190. The summed E-state index contributed by atoms with van der Waals surface area (Å²) in [6, 6.07) is 3.71. The van der Waals surface area contributed by atoms with E-state index < -0.39 is 0 Å². The van der Waals surface area contributed by atoms with Crippen LogP contribution in [0.2, 0.25) is 4.34 Å². The second-order valence-corrected chi connectivity index (χ2v) is 3.06. The number of halogens is 1. The van der Waals surface area contributed by atoms with Gasteiger partial charge >= 0.3 is 0 Å². The van der Waals surface area contributed by atoms with Gasteiger partial charge < -0.3 is 0 Å². The molecule has 0 unspecified atom stereocenters. The summed E-state index contributed by atoms with van der Waals surface area (Å²) in [6.07, 6.45) is 1.54. The summed E-state index contributed by atoms with van der Waals surface area (Å²) < 4.78 is 0.779. The molecule has 1 heterocycles. The summed E-state index contributed by atoms with van der Waals surface area (Å²) in [7, 11) is 0. The summed E-state index contributed by atoms with van der Waals surface area (Å²) in [4.78, 5) is 1.01. The fraction of sp³-hybridized carbons (Fsp3) is 0. The van der Waals surface area contributed by atoms with Crippen molar-refractivity contribution in [1.29, 1.82) is 0 Å². The van der Waals surface area contributed by atoms with Crippen LogP contribution in [-0.4, -0.2) is 0 Å². The van der Waals surface area contributed by atoms with Crippen LogP contribution < -0.4 is 0 Å². The van der Waals surface area contributed by atoms with Gasteiger partial charge in [0.15, 0.2) is 0 Å². The van der Waals surface area contributed by atoms with Crippen molar-refractivity contribution in [3.63, 3.8) is 0 Å². The van der Waals surface area contributed by atoms with Gasteiger partial charge in [0.2, 0.25) is 0 Å². The quantitative estimate of drug-likeness (QED) is 0.567. The van der Waals surface area contributed by atoms with Crippen molar-refractivity contribution in [2.45, 2.75) is 0 Å². The van der Waals surface area contributed by atoms with Gasteiger partial charge in [-0.1, -0.05) is 18.2 Å². The van der Waals surface area contributed by atoms with E-state index in [1.54, 1.807) is 0 Å². The van der Waals surface area contributed by atoms with Gasteiger partial charge in [-0.3, -0.25) is 0 Å². The molecule has 1 rings (SSSR count). The fourth-order valence-electron chi connectivity index (χ4n) is 0.418. The van der Waals surface area contributed by atoms with Crippen molar-refractivity contribution in [2.75, 3.05) is 0 Å². The highest BCUT2D eigenvalue weighted by atomic mass is 35.5.